The van der Waals surface area contributed by atoms with Gasteiger partial charge in [-0.1, -0.05) is 37.1 Å². The first-order valence-corrected chi connectivity index (χ1v) is 6.51. The van der Waals surface area contributed by atoms with Crippen molar-refractivity contribution < 1.29 is 0 Å². The van der Waals surface area contributed by atoms with E-state index < -0.39 is 0 Å². The molecule has 1 aromatic heterocycles. The lowest BCUT2D eigenvalue weighted by Crippen LogP contribution is -2.02. The third-order valence-electron chi connectivity index (χ3n) is 3.27. The fourth-order valence-corrected chi connectivity index (χ4v) is 2.19. The summed E-state index contributed by atoms with van der Waals surface area (Å²) >= 11 is 0. The predicted molar refractivity (Wildman–Crippen MR) is 76.5 cm³/mol. The second kappa shape index (κ2) is 5.25. The van der Waals surface area contributed by atoms with Crippen molar-refractivity contribution >= 4 is 5.82 Å². The first-order chi connectivity index (χ1) is 8.63. The summed E-state index contributed by atoms with van der Waals surface area (Å²) in [5.74, 6) is 0.774. The number of imidazole rings is 1. The largest absolute Gasteiger partial charge is 0.383 e. The molecule has 18 heavy (non-hydrogen) atoms. The van der Waals surface area contributed by atoms with E-state index >= 15 is 0 Å². The molecule has 96 valence electrons. The van der Waals surface area contributed by atoms with Gasteiger partial charge in [0.2, 0.25) is 0 Å². The Morgan fingerprint density at radius 3 is 2.72 bits per heavy atom. The van der Waals surface area contributed by atoms with Gasteiger partial charge in [-0.25, -0.2) is 4.98 Å². The molecule has 0 saturated carbocycles. The SMILES string of the molecule is CCCCn1cnc(-c2ccc(C)cc2C)c1N. The van der Waals surface area contributed by atoms with E-state index in [1.165, 1.54) is 11.1 Å². The van der Waals surface area contributed by atoms with Crippen molar-refractivity contribution in [3.8, 4) is 11.3 Å². The van der Waals surface area contributed by atoms with E-state index in [0.717, 1.165) is 36.5 Å². The first-order valence-electron chi connectivity index (χ1n) is 6.51. The molecule has 0 atom stereocenters. The Morgan fingerprint density at radius 1 is 1.28 bits per heavy atom. The number of nitrogens with zero attached hydrogens (tertiary/aromatic N) is 2. The van der Waals surface area contributed by atoms with Gasteiger partial charge in [-0.2, -0.15) is 0 Å². The minimum atomic E-state index is 0.774. The highest BCUT2D eigenvalue weighted by molar-refractivity contribution is 5.73. The van der Waals surface area contributed by atoms with Gasteiger partial charge in [0.25, 0.3) is 0 Å². The molecule has 1 heterocycles. The van der Waals surface area contributed by atoms with Crippen molar-refractivity contribution in [1.29, 1.82) is 0 Å². The van der Waals surface area contributed by atoms with Crippen molar-refractivity contribution in [3.05, 3.63) is 35.7 Å². The molecule has 0 fully saturated rings. The molecule has 0 aliphatic rings. The van der Waals surface area contributed by atoms with E-state index in [9.17, 15) is 0 Å². The molecular formula is C15H21N3. The second-order valence-corrected chi connectivity index (χ2v) is 4.84. The van der Waals surface area contributed by atoms with Gasteiger partial charge in [0.05, 0.1) is 6.33 Å². The number of nitrogen functional groups attached to an aromatic ring is 1. The second-order valence-electron chi connectivity index (χ2n) is 4.84. The molecule has 0 aliphatic carbocycles. The molecule has 0 spiro atoms. The minimum absolute atomic E-state index is 0.774. The normalized spacial score (nSPS) is 10.8. The third-order valence-corrected chi connectivity index (χ3v) is 3.27. The van der Waals surface area contributed by atoms with Crippen LogP contribution in [-0.4, -0.2) is 9.55 Å². The molecule has 0 unspecified atom stereocenters. The summed E-state index contributed by atoms with van der Waals surface area (Å²) in [4.78, 5) is 4.47. The summed E-state index contributed by atoms with van der Waals surface area (Å²) in [6, 6.07) is 6.38. The summed E-state index contributed by atoms with van der Waals surface area (Å²) < 4.78 is 2.04. The molecule has 1 aromatic carbocycles. The van der Waals surface area contributed by atoms with Crippen molar-refractivity contribution in [2.24, 2.45) is 0 Å². The number of rotatable bonds is 4. The van der Waals surface area contributed by atoms with Gasteiger partial charge in [0.1, 0.15) is 11.5 Å². The maximum Gasteiger partial charge on any atom is 0.131 e. The molecule has 0 radical (unpaired) electrons. The summed E-state index contributed by atoms with van der Waals surface area (Å²) in [6.45, 7) is 7.32. The Labute approximate surface area is 109 Å². The van der Waals surface area contributed by atoms with Gasteiger partial charge in [-0.15, -0.1) is 0 Å². The van der Waals surface area contributed by atoms with Crippen LogP contribution >= 0.6 is 0 Å². The predicted octanol–water partition coefficient (Wildman–Crippen LogP) is 3.55. The molecule has 0 saturated heterocycles. The topological polar surface area (TPSA) is 43.8 Å². The van der Waals surface area contributed by atoms with E-state index in [4.69, 9.17) is 5.73 Å². The average Bonchev–Trinajstić information content (AvgIpc) is 2.68. The van der Waals surface area contributed by atoms with Gasteiger partial charge in [-0.3, -0.25) is 0 Å². The van der Waals surface area contributed by atoms with Crippen LogP contribution in [0.4, 0.5) is 5.82 Å². The van der Waals surface area contributed by atoms with E-state index in [-0.39, 0.29) is 0 Å². The number of aryl methyl sites for hydroxylation is 3. The van der Waals surface area contributed by atoms with Crippen molar-refractivity contribution in [1.82, 2.24) is 9.55 Å². The van der Waals surface area contributed by atoms with Crippen LogP contribution in [0.2, 0.25) is 0 Å². The third kappa shape index (κ3) is 2.40. The van der Waals surface area contributed by atoms with Crippen LogP contribution in [0.25, 0.3) is 11.3 Å². The molecule has 3 heteroatoms. The fourth-order valence-electron chi connectivity index (χ4n) is 2.19. The number of aromatic nitrogens is 2. The van der Waals surface area contributed by atoms with E-state index in [1.54, 1.807) is 0 Å². The smallest absolute Gasteiger partial charge is 0.131 e. The number of nitrogens with two attached hydrogens (primary N) is 1. The van der Waals surface area contributed by atoms with Crippen molar-refractivity contribution in [3.63, 3.8) is 0 Å². The fraction of sp³-hybridized carbons (Fsp3) is 0.400. The lowest BCUT2D eigenvalue weighted by molar-refractivity contribution is 0.637. The zero-order chi connectivity index (χ0) is 13.1. The molecule has 2 aromatic rings. The Hall–Kier alpha value is -1.77. The van der Waals surface area contributed by atoms with Gasteiger partial charge >= 0.3 is 0 Å². The Balaban J connectivity index is 2.36. The van der Waals surface area contributed by atoms with Gasteiger partial charge in [0.15, 0.2) is 0 Å². The highest BCUT2D eigenvalue weighted by Crippen LogP contribution is 2.28. The highest BCUT2D eigenvalue weighted by atomic mass is 15.1. The van der Waals surface area contributed by atoms with Crippen LogP contribution in [0.5, 0.6) is 0 Å². The standard InChI is InChI=1S/C15H21N3/c1-4-5-8-18-10-17-14(15(18)16)13-7-6-11(2)9-12(13)3/h6-7,9-10H,4-5,8,16H2,1-3H3. The lowest BCUT2D eigenvalue weighted by Gasteiger charge is -2.07. The molecule has 0 bridgehead atoms. The number of anilines is 1. The van der Waals surface area contributed by atoms with Crippen LogP contribution in [0.1, 0.15) is 30.9 Å². The lowest BCUT2D eigenvalue weighted by atomic mass is 10.0. The number of hydrogen-bond acceptors (Lipinski definition) is 2. The molecular weight excluding hydrogens is 222 g/mol. The van der Waals surface area contributed by atoms with Crippen LogP contribution < -0.4 is 5.73 Å². The van der Waals surface area contributed by atoms with E-state index in [0.29, 0.717) is 0 Å². The van der Waals surface area contributed by atoms with E-state index in [1.807, 2.05) is 10.9 Å². The van der Waals surface area contributed by atoms with Gasteiger partial charge in [0, 0.05) is 12.1 Å². The quantitative estimate of drug-likeness (QED) is 0.892. The average molecular weight is 243 g/mol. The summed E-state index contributed by atoms with van der Waals surface area (Å²) in [6.07, 6.45) is 4.14. The van der Waals surface area contributed by atoms with Crippen LogP contribution in [0.15, 0.2) is 24.5 Å². The maximum absolute atomic E-state index is 6.18. The molecule has 3 nitrogen and oxygen atoms in total. The molecule has 0 amide bonds. The van der Waals surface area contributed by atoms with Crippen LogP contribution in [-0.2, 0) is 6.54 Å². The molecule has 0 aliphatic heterocycles. The van der Waals surface area contributed by atoms with Crippen LogP contribution in [0.3, 0.4) is 0 Å². The Morgan fingerprint density at radius 2 is 2.06 bits per heavy atom. The van der Waals surface area contributed by atoms with Crippen molar-refractivity contribution in [2.75, 3.05) is 5.73 Å². The summed E-state index contributed by atoms with van der Waals surface area (Å²) in [7, 11) is 0. The zero-order valence-electron chi connectivity index (χ0n) is 11.4. The van der Waals surface area contributed by atoms with E-state index in [2.05, 4.69) is 44.0 Å². The monoisotopic (exact) mass is 243 g/mol. The Bertz CT molecular complexity index is 541. The molecule has 2 rings (SSSR count). The number of benzene rings is 1. The van der Waals surface area contributed by atoms with Crippen LogP contribution in [0, 0.1) is 13.8 Å². The number of unbranched alkanes of at least 4 members (excludes halogenated alkanes) is 1. The number of hydrogen-bond donors (Lipinski definition) is 1. The minimum Gasteiger partial charge on any atom is -0.383 e. The first kappa shape index (κ1) is 12.7. The summed E-state index contributed by atoms with van der Waals surface area (Å²) in [5, 5.41) is 0. The highest BCUT2D eigenvalue weighted by Gasteiger charge is 2.11. The zero-order valence-corrected chi connectivity index (χ0v) is 11.4. The maximum atomic E-state index is 6.18. The van der Waals surface area contributed by atoms with Gasteiger partial charge in [-0.05, 0) is 25.8 Å². The van der Waals surface area contributed by atoms with Crippen molar-refractivity contribution in [2.45, 2.75) is 40.2 Å². The molecule has 2 N–H and O–H groups in total. The summed E-state index contributed by atoms with van der Waals surface area (Å²) in [5.41, 5.74) is 10.7. The Kier molecular flexibility index (Phi) is 3.70. The van der Waals surface area contributed by atoms with Gasteiger partial charge < -0.3 is 10.3 Å².